The first-order valence-corrected chi connectivity index (χ1v) is 13.7. The Morgan fingerprint density at radius 3 is 2.20 bits per heavy atom. The van der Waals surface area contributed by atoms with Crippen molar-refractivity contribution in [2.75, 3.05) is 0 Å². The number of allylic oxidation sites excluding steroid dienone is 3. The molecule has 0 aromatic heterocycles. The number of aliphatic hydroxyl groups excluding tert-OH is 3. The lowest BCUT2D eigenvalue weighted by atomic mass is 9.34. The molecule has 4 N–H and O–H groups in total. The van der Waals surface area contributed by atoms with E-state index in [9.17, 15) is 25.2 Å². The molecule has 35 heavy (non-hydrogen) atoms. The smallest absolute Gasteiger partial charge is 0.316 e. The van der Waals surface area contributed by atoms with Crippen molar-refractivity contribution < 1.29 is 25.2 Å². The Morgan fingerprint density at radius 2 is 1.57 bits per heavy atom. The van der Waals surface area contributed by atoms with Gasteiger partial charge in [-0.15, -0.1) is 0 Å². The molecule has 9 atom stereocenters. The zero-order chi connectivity index (χ0) is 26.0. The molecular formula is C30H46O5. The molecule has 0 spiro atoms. The summed E-state index contributed by atoms with van der Waals surface area (Å²) in [6.45, 7) is 15.5. The summed E-state index contributed by atoms with van der Waals surface area (Å²) in [5.74, 6) is -0.639. The molecule has 5 aliphatic rings. The average Bonchev–Trinajstić information content (AvgIpc) is 2.72. The Bertz CT molecular complexity index is 1010. The quantitative estimate of drug-likeness (QED) is 0.414. The highest BCUT2D eigenvalue weighted by molar-refractivity contribution is 5.81. The lowest BCUT2D eigenvalue weighted by Gasteiger charge is -2.70. The lowest BCUT2D eigenvalue weighted by Crippen LogP contribution is -2.68. The minimum atomic E-state index is -1.20. The summed E-state index contributed by atoms with van der Waals surface area (Å²) in [5, 5.41) is 44.5. The van der Waals surface area contributed by atoms with Crippen LogP contribution in [0, 0.1) is 44.3 Å². The van der Waals surface area contributed by atoms with Crippen LogP contribution >= 0.6 is 0 Å². The van der Waals surface area contributed by atoms with Crippen LogP contribution in [0.15, 0.2) is 23.3 Å². The monoisotopic (exact) mass is 486 g/mol. The fourth-order valence-corrected chi connectivity index (χ4v) is 9.98. The van der Waals surface area contributed by atoms with Crippen molar-refractivity contribution in [2.24, 2.45) is 44.3 Å². The van der Waals surface area contributed by atoms with Gasteiger partial charge in [-0.25, -0.2) is 0 Å². The number of rotatable bonds is 1. The van der Waals surface area contributed by atoms with Gasteiger partial charge in [-0.05, 0) is 77.8 Å². The number of carbonyl (C=O) groups is 1. The van der Waals surface area contributed by atoms with E-state index in [0.717, 1.165) is 30.4 Å². The Hall–Kier alpha value is -1.17. The number of fused-ring (bicyclic) bond motifs is 6. The third-order valence-corrected chi connectivity index (χ3v) is 12.6. The molecule has 5 nitrogen and oxygen atoms in total. The van der Waals surface area contributed by atoms with Gasteiger partial charge in [0.15, 0.2) is 0 Å². The van der Waals surface area contributed by atoms with E-state index < -0.39 is 35.1 Å². The van der Waals surface area contributed by atoms with Crippen molar-refractivity contribution in [3.05, 3.63) is 23.3 Å². The molecule has 196 valence electrons. The summed E-state index contributed by atoms with van der Waals surface area (Å²) >= 11 is 0. The summed E-state index contributed by atoms with van der Waals surface area (Å²) in [6, 6.07) is 0. The van der Waals surface area contributed by atoms with E-state index in [-0.39, 0.29) is 33.5 Å². The molecule has 5 rings (SSSR count). The van der Waals surface area contributed by atoms with Crippen LogP contribution in [0.1, 0.15) is 93.4 Å². The predicted octanol–water partition coefficient (Wildman–Crippen LogP) is 5.10. The van der Waals surface area contributed by atoms with E-state index in [1.165, 1.54) is 0 Å². The molecule has 0 aromatic rings. The summed E-state index contributed by atoms with van der Waals surface area (Å²) in [4.78, 5) is 12.8. The number of aliphatic hydroxyl groups is 3. The number of carboxylic acid groups (broad SMARTS) is 1. The maximum absolute atomic E-state index is 12.8. The largest absolute Gasteiger partial charge is 0.481 e. The molecule has 0 aliphatic heterocycles. The van der Waals surface area contributed by atoms with Crippen LogP contribution in [0.5, 0.6) is 0 Å². The van der Waals surface area contributed by atoms with Crippen LogP contribution in [0.2, 0.25) is 0 Å². The molecule has 0 unspecified atom stereocenters. The van der Waals surface area contributed by atoms with Crippen molar-refractivity contribution >= 4 is 5.97 Å². The van der Waals surface area contributed by atoms with Crippen molar-refractivity contribution in [1.29, 1.82) is 0 Å². The van der Waals surface area contributed by atoms with Crippen LogP contribution in [0.25, 0.3) is 0 Å². The summed E-state index contributed by atoms with van der Waals surface area (Å²) < 4.78 is 0. The molecular weight excluding hydrogens is 440 g/mol. The van der Waals surface area contributed by atoms with Crippen molar-refractivity contribution in [2.45, 2.75) is 112 Å². The van der Waals surface area contributed by atoms with E-state index >= 15 is 0 Å². The first kappa shape index (κ1) is 25.5. The van der Waals surface area contributed by atoms with Crippen molar-refractivity contribution in [3.8, 4) is 0 Å². The van der Waals surface area contributed by atoms with Crippen molar-refractivity contribution in [3.63, 3.8) is 0 Å². The first-order valence-electron chi connectivity index (χ1n) is 13.7. The van der Waals surface area contributed by atoms with Gasteiger partial charge in [-0.1, -0.05) is 60.6 Å². The Labute approximate surface area is 210 Å². The molecule has 0 radical (unpaired) electrons. The first-order chi connectivity index (χ1) is 16.0. The summed E-state index contributed by atoms with van der Waals surface area (Å²) in [7, 11) is 0. The standard InChI is InChI=1S/C30H46O5/c1-25(2)12-13-30(24(34)35)18(15-25)17-8-9-20-27(5,28(17,6)16-23(30)33)11-10-19-26(3,4)21(31)14-22(32)29(19,20)7/h8-9,19-23,31-33H,10-16H2,1-7H3,(H,34,35)/t19-,20-,21-,22+,23+,27+,28+,29-,30+/m0/s1. The third kappa shape index (κ3) is 2.89. The number of hydrogen-bond acceptors (Lipinski definition) is 4. The van der Waals surface area contributed by atoms with Gasteiger partial charge in [0.2, 0.25) is 0 Å². The van der Waals surface area contributed by atoms with Crippen LogP contribution < -0.4 is 0 Å². The lowest BCUT2D eigenvalue weighted by molar-refractivity contribution is -0.231. The molecule has 0 bridgehead atoms. The highest BCUT2D eigenvalue weighted by Gasteiger charge is 2.70. The number of aliphatic carboxylic acids is 1. The maximum atomic E-state index is 12.8. The molecule has 5 aliphatic carbocycles. The van der Waals surface area contributed by atoms with Gasteiger partial charge >= 0.3 is 5.97 Å². The molecule has 0 amide bonds. The van der Waals surface area contributed by atoms with E-state index in [1.54, 1.807) is 0 Å². The summed E-state index contributed by atoms with van der Waals surface area (Å²) in [6.07, 6.45) is 6.99. The minimum Gasteiger partial charge on any atom is -0.481 e. The second-order valence-electron chi connectivity index (χ2n) is 14.9. The van der Waals surface area contributed by atoms with Gasteiger partial charge in [-0.3, -0.25) is 4.79 Å². The highest BCUT2D eigenvalue weighted by Crippen LogP contribution is 2.74. The van der Waals surface area contributed by atoms with Gasteiger partial charge < -0.3 is 20.4 Å². The van der Waals surface area contributed by atoms with Crippen LogP contribution in [-0.4, -0.2) is 44.7 Å². The Morgan fingerprint density at radius 1 is 0.914 bits per heavy atom. The minimum absolute atomic E-state index is 0.00574. The zero-order valence-electron chi connectivity index (χ0n) is 22.7. The maximum Gasteiger partial charge on any atom is 0.316 e. The van der Waals surface area contributed by atoms with Gasteiger partial charge in [0.25, 0.3) is 0 Å². The van der Waals surface area contributed by atoms with Crippen molar-refractivity contribution in [1.82, 2.24) is 0 Å². The summed E-state index contributed by atoms with van der Waals surface area (Å²) in [5.41, 5.74) is -0.453. The van der Waals surface area contributed by atoms with E-state index in [4.69, 9.17) is 0 Å². The van der Waals surface area contributed by atoms with Gasteiger partial charge in [-0.2, -0.15) is 0 Å². The molecule has 0 heterocycles. The number of carboxylic acids is 1. The number of hydrogen-bond donors (Lipinski definition) is 4. The van der Waals surface area contributed by atoms with Crippen LogP contribution in [0.3, 0.4) is 0 Å². The highest BCUT2D eigenvalue weighted by atomic mass is 16.4. The Kier molecular flexibility index (Phi) is 5.26. The second kappa shape index (κ2) is 7.23. The fourth-order valence-electron chi connectivity index (χ4n) is 9.98. The molecule has 0 saturated heterocycles. The van der Waals surface area contributed by atoms with E-state index in [1.807, 2.05) is 0 Å². The molecule has 5 heteroatoms. The Balaban J connectivity index is 1.73. The van der Waals surface area contributed by atoms with E-state index in [0.29, 0.717) is 25.7 Å². The van der Waals surface area contributed by atoms with Crippen LogP contribution in [-0.2, 0) is 4.79 Å². The zero-order valence-corrected chi connectivity index (χ0v) is 22.7. The third-order valence-electron chi connectivity index (χ3n) is 12.6. The second-order valence-corrected chi connectivity index (χ2v) is 14.9. The molecule has 3 fully saturated rings. The SMILES string of the molecule is CC1(C)CC[C@@]2(C(=O)O)C(=C3C=C[C@@H]4[C@@]5(C)[C@H](O)C[C@H](O)C(C)(C)[C@@H]5CC[C@@]4(C)[C@]3(C)C[C@H]2O)C1. The fraction of sp³-hybridized carbons (Fsp3) is 0.833. The normalized spacial score (nSPS) is 52.1. The van der Waals surface area contributed by atoms with Gasteiger partial charge in [0.05, 0.1) is 18.3 Å². The van der Waals surface area contributed by atoms with E-state index in [2.05, 4.69) is 60.6 Å². The average molecular weight is 487 g/mol. The molecule has 0 aromatic carbocycles. The van der Waals surface area contributed by atoms with Crippen LogP contribution in [0.4, 0.5) is 0 Å². The topological polar surface area (TPSA) is 98.0 Å². The predicted molar refractivity (Wildman–Crippen MR) is 135 cm³/mol. The van der Waals surface area contributed by atoms with Gasteiger partial charge in [0, 0.05) is 17.3 Å². The van der Waals surface area contributed by atoms with Gasteiger partial charge in [0.1, 0.15) is 5.41 Å². The molecule has 3 saturated carbocycles.